The first-order chi connectivity index (χ1) is 17.3. The number of para-hydroxylation sites is 1. The number of aliphatic carboxylic acids is 1. The lowest BCUT2D eigenvalue weighted by Gasteiger charge is -2.24. The van der Waals surface area contributed by atoms with E-state index in [0.29, 0.717) is 4.57 Å². The van der Waals surface area contributed by atoms with Gasteiger partial charge in [-0.1, -0.05) is 12.1 Å². The zero-order chi connectivity index (χ0) is 27.1. The molecule has 0 unspecified atom stereocenters. The Labute approximate surface area is 204 Å². The maximum Gasteiger partial charge on any atom is 0.573 e. The summed E-state index contributed by atoms with van der Waals surface area (Å²) in [6.45, 7) is 0. The van der Waals surface area contributed by atoms with Crippen molar-refractivity contribution in [1.29, 1.82) is 0 Å². The molecule has 0 saturated heterocycles. The number of fused-ring (bicyclic) bond motifs is 3. The van der Waals surface area contributed by atoms with Crippen LogP contribution in [0.5, 0.6) is 17.2 Å². The van der Waals surface area contributed by atoms with Gasteiger partial charge in [-0.05, 0) is 24.3 Å². The fourth-order valence-electron chi connectivity index (χ4n) is 4.02. The lowest BCUT2D eigenvalue weighted by molar-refractivity contribution is -0.274. The van der Waals surface area contributed by atoms with Gasteiger partial charge >= 0.3 is 18.5 Å². The summed E-state index contributed by atoms with van der Waals surface area (Å²) in [5.74, 6) is -3.97. The first kappa shape index (κ1) is 26.1. The number of hydrogen-bond acceptors (Lipinski definition) is 7. The van der Waals surface area contributed by atoms with Crippen LogP contribution in [0.25, 0.3) is 5.69 Å². The lowest BCUT2D eigenvalue weighted by atomic mass is 9.97. The first-order valence-electron chi connectivity index (χ1n) is 10.3. The number of hydrogen-bond donors (Lipinski definition) is 1. The van der Waals surface area contributed by atoms with Crippen LogP contribution in [0.4, 0.5) is 26.3 Å². The van der Waals surface area contributed by atoms with Crippen LogP contribution >= 0.6 is 0 Å². The summed E-state index contributed by atoms with van der Waals surface area (Å²) in [7, 11) is 2.59. The molecule has 1 N–H and O–H groups in total. The number of carboxylic acid groups (broad SMARTS) is 1. The van der Waals surface area contributed by atoms with E-state index in [0.717, 1.165) is 18.2 Å². The number of nitrogens with zero attached hydrogens (tertiary/aromatic N) is 3. The molecule has 9 nitrogen and oxygen atoms in total. The molecule has 1 aliphatic rings. The maximum atomic E-state index is 13.9. The normalized spacial score (nSPS) is 17.4. The maximum absolute atomic E-state index is 13.9. The molecule has 0 saturated carbocycles. The number of carbonyl (C=O) groups is 1. The van der Waals surface area contributed by atoms with Gasteiger partial charge in [0.05, 0.1) is 26.3 Å². The third-order valence-corrected chi connectivity index (χ3v) is 5.36. The standard InChI is InChI=1S/C22H17F6N3O6/c1-34-14-5-3-4-11(18(14)35-2)17-12-8-10(37-22(26,27)28)6-7-13(12)31-19(15(36-17)9-16(32)33)29-30-20(31)21(23,24)25/h3-8,15,17H,9H2,1-2H3,(H,32,33)/t15-,17-/m1/s1. The molecule has 4 rings (SSSR count). The van der Waals surface area contributed by atoms with E-state index < -0.39 is 54.5 Å². The molecule has 0 amide bonds. The number of carboxylic acids is 1. The summed E-state index contributed by atoms with van der Waals surface area (Å²) in [6, 6.07) is 7.06. The van der Waals surface area contributed by atoms with Gasteiger partial charge in [-0.3, -0.25) is 9.36 Å². The molecule has 1 aliphatic heterocycles. The highest BCUT2D eigenvalue weighted by Gasteiger charge is 2.44. The number of rotatable bonds is 6. The van der Waals surface area contributed by atoms with E-state index in [-0.39, 0.29) is 28.3 Å². The van der Waals surface area contributed by atoms with Crippen molar-refractivity contribution < 1.29 is 55.2 Å². The number of benzene rings is 2. The van der Waals surface area contributed by atoms with Crippen molar-refractivity contribution in [3.63, 3.8) is 0 Å². The average Bonchev–Trinajstić information content (AvgIpc) is 3.21. The van der Waals surface area contributed by atoms with Crippen LogP contribution < -0.4 is 14.2 Å². The summed E-state index contributed by atoms with van der Waals surface area (Å²) in [6.07, 6.45) is -14.0. The molecule has 0 radical (unpaired) electrons. The van der Waals surface area contributed by atoms with Gasteiger partial charge in [0.15, 0.2) is 17.3 Å². The Morgan fingerprint density at radius 3 is 2.38 bits per heavy atom. The SMILES string of the molecule is COc1cccc([C@H]2O[C@H](CC(=O)O)c3nnc(C(F)(F)F)n3-c3ccc(OC(F)(F)F)cc32)c1OC. The third kappa shape index (κ3) is 5.12. The summed E-state index contributed by atoms with van der Waals surface area (Å²) >= 11 is 0. The Morgan fingerprint density at radius 1 is 1.05 bits per heavy atom. The van der Waals surface area contributed by atoms with E-state index in [1.54, 1.807) is 0 Å². The molecule has 2 aromatic carbocycles. The van der Waals surface area contributed by atoms with Crippen molar-refractivity contribution >= 4 is 5.97 Å². The molecule has 2 atom stereocenters. The van der Waals surface area contributed by atoms with E-state index >= 15 is 0 Å². The van der Waals surface area contributed by atoms with Crippen LogP contribution in [0.2, 0.25) is 0 Å². The fourth-order valence-corrected chi connectivity index (χ4v) is 4.02. The Bertz CT molecular complexity index is 1320. The summed E-state index contributed by atoms with van der Waals surface area (Å²) < 4.78 is 102. The molecule has 3 aromatic rings. The molecular formula is C22H17F6N3O6. The van der Waals surface area contributed by atoms with Gasteiger partial charge in [0.2, 0.25) is 5.82 Å². The van der Waals surface area contributed by atoms with E-state index in [9.17, 15) is 36.2 Å². The number of halogens is 6. The second-order valence-corrected chi connectivity index (χ2v) is 7.67. The monoisotopic (exact) mass is 533 g/mol. The molecular weight excluding hydrogens is 516 g/mol. The highest BCUT2D eigenvalue weighted by Crippen LogP contribution is 2.47. The van der Waals surface area contributed by atoms with Crippen molar-refractivity contribution in [3.05, 3.63) is 59.2 Å². The van der Waals surface area contributed by atoms with Gasteiger partial charge in [-0.2, -0.15) is 13.2 Å². The topological polar surface area (TPSA) is 105 Å². The lowest BCUT2D eigenvalue weighted by Crippen LogP contribution is -2.18. The fraction of sp³-hybridized carbons (Fsp3) is 0.318. The van der Waals surface area contributed by atoms with Gasteiger partial charge in [0, 0.05) is 11.1 Å². The minimum atomic E-state index is -5.10. The molecule has 15 heteroatoms. The van der Waals surface area contributed by atoms with Gasteiger partial charge in [-0.25, -0.2) is 0 Å². The largest absolute Gasteiger partial charge is 0.573 e. The molecule has 1 aromatic heterocycles. The Balaban J connectivity index is 2.05. The third-order valence-electron chi connectivity index (χ3n) is 5.36. The Kier molecular flexibility index (Phi) is 6.66. The number of aromatic nitrogens is 3. The van der Waals surface area contributed by atoms with Crippen molar-refractivity contribution in [2.45, 2.75) is 31.2 Å². The van der Waals surface area contributed by atoms with Crippen LogP contribution in [0.1, 0.15) is 41.4 Å². The van der Waals surface area contributed by atoms with Gasteiger partial charge in [0.25, 0.3) is 0 Å². The Hall–Kier alpha value is -4.01. The second kappa shape index (κ2) is 9.46. The minimum absolute atomic E-state index is 0.0610. The number of alkyl halides is 6. The highest BCUT2D eigenvalue weighted by molar-refractivity contribution is 5.68. The smallest absolute Gasteiger partial charge is 0.493 e. The minimum Gasteiger partial charge on any atom is -0.493 e. The van der Waals surface area contributed by atoms with Gasteiger partial charge in [-0.15, -0.1) is 23.4 Å². The van der Waals surface area contributed by atoms with Gasteiger partial charge < -0.3 is 24.1 Å². The van der Waals surface area contributed by atoms with Crippen LogP contribution in [0.3, 0.4) is 0 Å². The highest BCUT2D eigenvalue weighted by atomic mass is 19.4. The molecule has 37 heavy (non-hydrogen) atoms. The quantitative estimate of drug-likeness (QED) is 0.449. The van der Waals surface area contributed by atoms with Crippen molar-refractivity contribution in [1.82, 2.24) is 14.8 Å². The van der Waals surface area contributed by atoms with Crippen LogP contribution in [0, 0.1) is 0 Å². The van der Waals surface area contributed by atoms with Crippen LogP contribution in [-0.4, -0.2) is 46.4 Å². The molecule has 0 spiro atoms. The van der Waals surface area contributed by atoms with Gasteiger partial charge in [0.1, 0.15) is 18.0 Å². The van der Waals surface area contributed by atoms with Crippen LogP contribution in [0.15, 0.2) is 36.4 Å². The van der Waals surface area contributed by atoms with E-state index in [4.69, 9.17) is 14.2 Å². The zero-order valence-corrected chi connectivity index (χ0v) is 18.9. The van der Waals surface area contributed by atoms with Crippen molar-refractivity contribution in [3.8, 4) is 22.9 Å². The van der Waals surface area contributed by atoms with Crippen molar-refractivity contribution in [2.24, 2.45) is 0 Å². The van der Waals surface area contributed by atoms with Crippen molar-refractivity contribution in [2.75, 3.05) is 14.2 Å². The first-order valence-corrected chi connectivity index (χ1v) is 10.3. The molecule has 0 aliphatic carbocycles. The molecule has 198 valence electrons. The molecule has 0 bridgehead atoms. The van der Waals surface area contributed by atoms with E-state index in [1.807, 2.05) is 0 Å². The zero-order valence-electron chi connectivity index (χ0n) is 18.9. The number of ether oxygens (including phenoxy) is 4. The summed E-state index contributed by atoms with van der Waals surface area (Å²) in [5.41, 5.74) is -0.396. The predicted octanol–water partition coefficient (Wildman–Crippen LogP) is 4.84. The predicted molar refractivity (Wildman–Crippen MR) is 111 cm³/mol. The van der Waals surface area contributed by atoms with E-state index in [1.165, 1.54) is 32.4 Å². The number of methoxy groups -OCH3 is 2. The average molecular weight is 533 g/mol. The molecule has 2 heterocycles. The summed E-state index contributed by atoms with van der Waals surface area (Å²) in [5, 5.41) is 16.1. The summed E-state index contributed by atoms with van der Waals surface area (Å²) in [4.78, 5) is 11.6. The van der Waals surface area contributed by atoms with Crippen LogP contribution in [-0.2, 0) is 15.7 Å². The molecule has 0 fully saturated rings. The van der Waals surface area contributed by atoms with E-state index in [2.05, 4.69) is 14.9 Å². The Morgan fingerprint density at radius 2 is 1.78 bits per heavy atom. The second-order valence-electron chi connectivity index (χ2n) is 7.67.